The molecule has 1 N–H and O–H groups in total. The Hall–Kier alpha value is 0.177. The van der Waals surface area contributed by atoms with Gasteiger partial charge in [0, 0.05) is 6.04 Å². The molecule has 1 fully saturated rings. The molecule has 0 bridgehead atoms. The van der Waals surface area contributed by atoms with Crippen LogP contribution in [-0.4, -0.2) is 14.3 Å². The van der Waals surface area contributed by atoms with Gasteiger partial charge in [-0.3, -0.25) is 0 Å². The molecule has 1 aliphatic rings. The van der Waals surface area contributed by atoms with Crippen molar-refractivity contribution < 1.29 is 0 Å². The standard InChI is InChI=1S/C6H15NSi/c1-8(2,3)7-6-4-5-6/h6-7H,4-5H2,1-3H3. The fourth-order valence-corrected chi connectivity index (χ4v) is 2.35. The molecule has 1 nitrogen and oxygen atoms in total. The summed E-state index contributed by atoms with van der Waals surface area (Å²) in [5.74, 6) is 0. The Morgan fingerprint density at radius 2 is 1.75 bits per heavy atom. The smallest absolute Gasteiger partial charge is 0.116 e. The first-order chi connectivity index (χ1) is 3.58. The van der Waals surface area contributed by atoms with Gasteiger partial charge >= 0.3 is 0 Å². The van der Waals surface area contributed by atoms with E-state index in [1.54, 1.807) is 0 Å². The Balaban J connectivity index is 2.16. The molecule has 1 aliphatic carbocycles. The van der Waals surface area contributed by atoms with E-state index in [2.05, 4.69) is 24.6 Å². The van der Waals surface area contributed by atoms with Gasteiger partial charge in [-0.15, -0.1) is 0 Å². The van der Waals surface area contributed by atoms with Crippen molar-refractivity contribution in [3.63, 3.8) is 0 Å². The van der Waals surface area contributed by atoms with Crippen molar-refractivity contribution in [2.75, 3.05) is 0 Å². The maximum Gasteiger partial charge on any atom is 0.116 e. The zero-order chi connectivity index (χ0) is 6.20. The van der Waals surface area contributed by atoms with Gasteiger partial charge in [-0.2, -0.15) is 0 Å². The van der Waals surface area contributed by atoms with Crippen molar-refractivity contribution in [3.8, 4) is 0 Å². The number of nitrogens with one attached hydrogen (secondary N) is 1. The molecule has 0 aliphatic heterocycles. The molecule has 0 radical (unpaired) electrons. The lowest BCUT2D eigenvalue weighted by atomic mass is 10.8. The van der Waals surface area contributed by atoms with E-state index < -0.39 is 8.24 Å². The summed E-state index contributed by atoms with van der Waals surface area (Å²) in [7, 11) is -0.908. The Kier molecular flexibility index (Phi) is 1.45. The van der Waals surface area contributed by atoms with Gasteiger partial charge in [0.15, 0.2) is 0 Å². The van der Waals surface area contributed by atoms with Crippen LogP contribution >= 0.6 is 0 Å². The predicted octanol–water partition coefficient (Wildman–Crippen LogP) is 1.57. The zero-order valence-electron chi connectivity index (χ0n) is 5.99. The highest BCUT2D eigenvalue weighted by Gasteiger charge is 2.26. The van der Waals surface area contributed by atoms with Gasteiger partial charge in [0.2, 0.25) is 0 Å². The molecule has 0 aromatic heterocycles. The van der Waals surface area contributed by atoms with Gasteiger partial charge in [-0.1, -0.05) is 19.6 Å². The Morgan fingerprint density at radius 3 is 1.88 bits per heavy atom. The van der Waals surface area contributed by atoms with Crippen LogP contribution in [0.1, 0.15) is 12.8 Å². The van der Waals surface area contributed by atoms with Gasteiger partial charge in [0.1, 0.15) is 8.24 Å². The highest BCUT2D eigenvalue weighted by Crippen LogP contribution is 2.20. The van der Waals surface area contributed by atoms with Gasteiger partial charge < -0.3 is 4.98 Å². The summed E-state index contributed by atoms with van der Waals surface area (Å²) in [6, 6.07) is 0.904. The molecule has 48 valence electrons. The van der Waals surface area contributed by atoms with Gasteiger partial charge in [-0.05, 0) is 12.8 Å². The lowest BCUT2D eigenvalue weighted by Gasteiger charge is -2.16. The third-order valence-electron chi connectivity index (χ3n) is 1.21. The van der Waals surface area contributed by atoms with Crippen molar-refractivity contribution in [2.45, 2.75) is 38.5 Å². The lowest BCUT2D eigenvalue weighted by Crippen LogP contribution is -2.42. The molecule has 0 atom stereocenters. The largest absolute Gasteiger partial charge is 0.335 e. The molecular formula is C6H15NSi. The second-order valence-corrected chi connectivity index (χ2v) is 8.46. The minimum absolute atomic E-state index is 0.904. The number of rotatable bonds is 2. The van der Waals surface area contributed by atoms with Crippen LogP contribution in [0.5, 0.6) is 0 Å². The van der Waals surface area contributed by atoms with Crippen LogP contribution in [-0.2, 0) is 0 Å². The van der Waals surface area contributed by atoms with E-state index in [0.29, 0.717) is 0 Å². The molecular weight excluding hydrogens is 114 g/mol. The summed E-state index contributed by atoms with van der Waals surface area (Å²) in [5.41, 5.74) is 0. The van der Waals surface area contributed by atoms with Crippen molar-refractivity contribution in [3.05, 3.63) is 0 Å². The molecule has 8 heavy (non-hydrogen) atoms. The maximum atomic E-state index is 3.63. The topological polar surface area (TPSA) is 12.0 Å². The second-order valence-electron chi connectivity index (χ2n) is 3.67. The summed E-state index contributed by atoms with van der Waals surface area (Å²) in [4.78, 5) is 3.63. The van der Waals surface area contributed by atoms with Crippen LogP contribution in [0.25, 0.3) is 0 Å². The fraction of sp³-hybridized carbons (Fsp3) is 1.00. The van der Waals surface area contributed by atoms with Gasteiger partial charge in [0.05, 0.1) is 0 Å². The first-order valence-electron chi connectivity index (χ1n) is 3.36. The summed E-state index contributed by atoms with van der Waals surface area (Å²) in [6.07, 6.45) is 2.84. The minimum Gasteiger partial charge on any atom is -0.335 e. The van der Waals surface area contributed by atoms with Crippen LogP contribution < -0.4 is 4.98 Å². The quantitative estimate of drug-likeness (QED) is 0.558. The highest BCUT2D eigenvalue weighted by atomic mass is 28.3. The predicted molar refractivity (Wildman–Crippen MR) is 39.5 cm³/mol. The van der Waals surface area contributed by atoms with Crippen LogP contribution in [0, 0.1) is 0 Å². The van der Waals surface area contributed by atoms with E-state index in [0.717, 1.165) is 6.04 Å². The van der Waals surface area contributed by atoms with Crippen LogP contribution in [0.4, 0.5) is 0 Å². The lowest BCUT2D eigenvalue weighted by molar-refractivity contribution is 0.909. The van der Waals surface area contributed by atoms with E-state index >= 15 is 0 Å². The summed E-state index contributed by atoms with van der Waals surface area (Å²) in [5, 5.41) is 0. The van der Waals surface area contributed by atoms with Crippen LogP contribution in [0.15, 0.2) is 0 Å². The highest BCUT2D eigenvalue weighted by molar-refractivity contribution is 6.73. The van der Waals surface area contributed by atoms with Gasteiger partial charge in [-0.25, -0.2) is 0 Å². The second kappa shape index (κ2) is 1.85. The average Bonchev–Trinajstić information content (AvgIpc) is 2.12. The summed E-state index contributed by atoms with van der Waals surface area (Å²) >= 11 is 0. The molecule has 1 saturated carbocycles. The molecule has 0 amide bonds. The van der Waals surface area contributed by atoms with Crippen LogP contribution in [0.2, 0.25) is 19.6 Å². The molecule has 2 heteroatoms. The minimum atomic E-state index is -0.908. The first kappa shape index (κ1) is 6.30. The Morgan fingerprint density at radius 1 is 1.25 bits per heavy atom. The molecule has 0 unspecified atom stereocenters. The number of hydrogen-bond acceptors (Lipinski definition) is 1. The van der Waals surface area contributed by atoms with Crippen molar-refractivity contribution >= 4 is 8.24 Å². The molecule has 0 saturated heterocycles. The maximum absolute atomic E-state index is 3.63. The molecule has 0 aromatic carbocycles. The molecule has 1 rings (SSSR count). The van der Waals surface area contributed by atoms with Crippen molar-refractivity contribution in [1.82, 2.24) is 4.98 Å². The third-order valence-corrected chi connectivity index (χ3v) is 2.49. The first-order valence-corrected chi connectivity index (χ1v) is 6.86. The fourth-order valence-electron chi connectivity index (χ4n) is 0.840. The van der Waals surface area contributed by atoms with Crippen molar-refractivity contribution in [2.24, 2.45) is 0 Å². The van der Waals surface area contributed by atoms with E-state index in [1.807, 2.05) is 0 Å². The Bertz CT molecular complexity index is 81.0. The molecule has 0 heterocycles. The van der Waals surface area contributed by atoms with E-state index in [4.69, 9.17) is 0 Å². The number of hydrogen-bond donors (Lipinski definition) is 1. The zero-order valence-corrected chi connectivity index (χ0v) is 6.99. The normalized spacial score (nSPS) is 21.4. The average molecular weight is 129 g/mol. The van der Waals surface area contributed by atoms with E-state index in [-0.39, 0.29) is 0 Å². The monoisotopic (exact) mass is 129 g/mol. The van der Waals surface area contributed by atoms with Crippen molar-refractivity contribution in [1.29, 1.82) is 0 Å². The van der Waals surface area contributed by atoms with E-state index in [9.17, 15) is 0 Å². The van der Waals surface area contributed by atoms with Gasteiger partial charge in [0.25, 0.3) is 0 Å². The summed E-state index contributed by atoms with van der Waals surface area (Å²) in [6.45, 7) is 7.06. The third kappa shape index (κ3) is 2.48. The van der Waals surface area contributed by atoms with E-state index in [1.165, 1.54) is 12.8 Å². The SMILES string of the molecule is C[Si](C)(C)NC1CC1. The molecule has 0 aromatic rings. The Labute approximate surface area is 52.6 Å². The molecule has 0 spiro atoms. The summed E-state index contributed by atoms with van der Waals surface area (Å²) < 4.78 is 0. The van der Waals surface area contributed by atoms with Crippen LogP contribution in [0.3, 0.4) is 0 Å².